The molecule has 1 saturated heterocycles. The highest BCUT2D eigenvalue weighted by atomic mass is 32.2. The average molecular weight is 388 g/mol. The average Bonchev–Trinajstić information content (AvgIpc) is 3.12. The molecule has 4 rings (SSSR count). The molecule has 3 aromatic rings. The molecule has 2 heterocycles. The first-order chi connectivity index (χ1) is 12.6. The number of nitrogens with one attached hydrogen (secondary N) is 1. The molecule has 136 valence electrons. The quantitative estimate of drug-likeness (QED) is 0.729. The number of hydrogen-bond donors (Lipinski definition) is 1. The van der Waals surface area contributed by atoms with E-state index in [4.69, 9.17) is 4.98 Å². The third-order valence-corrected chi connectivity index (χ3v) is 7.40. The SMILES string of the molecule is O=S(=O)(NCc1ccccc1)N1CCC[C@@H](c2nc3ccccc3s2)C1. The van der Waals surface area contributed by atoms with Gasteiger partial charge in [0.1, 0.15) is 0 Å². The Morgan fingerprint density at radius 3 is 2.69 bits per heavy atom. The second-order valence-corrected chi connectivity index (χ2v) is 9.35. The monoisotopic (exact) mass is 387 g/mol. The van der Waals surface area contributed by atoms with Crippen molar-refractivity contribution in [3.8, 4) is 0 Å². The summed E-state index contributed by atoms with van der Waals surface area (Å²) in [5.41, 5.74) is 1.95. The predicted octanol–water partition coefficient (Wildman–Crippen LogP) is 3.51. The van der Waals surface area contributed by atoms with Gasteiger partial charge >= 0.3 is 0 Å². The summed E-state index contributed by atoms with van der Waals surface area (Å²) in [6, 6.07) is 17.6. The Balaban J connectivity index is 1.47. The van der Waals surface area contributed by atoms with Crippen LogP contribution in [0.25, 0.3) is 10.2 Å². The molecule has 0 bridgehead atoms. The number of fused-ring (bicyclic) bond motifs is 1. The molecule has 1 aliphatic heterocycles. The molecule has 0 aliphatic carbocycles. The lowest BCUT2D eigenvalue weighted by molar-refractivity contribution is 0.311. The first-order valence-electron chi connectivity index (χ1n) is 8.76. The van der Waals surface area contributed by atoms with Gasteiger partial charge in [-0.15, -0.1) is 11.3 Å². The Morgan fingerprint density at radius 1 is 1.12 bits per heavy atom. The van der Waals surface area contributed by atoms with Gasteiger partial charge < -0.3 is 0 Å². The summed E-state index contributed by atoms with van der Waals surface area (Å²) in [6.45, 7) is 1.36. The van der Waals surface area contributed by atoms with Crippen LogP contribution in [0.15, 0.2) is 54.6 Å². The van der Waals surface area contributed by atoms with E-state index in [1.54, 1.807) is 15.6 Å². The van der Waals surface area contributed by atoms with Crippen LogP contribution in [-0.2, 0) is 16.8 Å². The molecule has 1 fully saturated rings. The molecule has 1 N–H and O–H groups in total. The summed E-state index contributed by atoms with van der Waals surface area (Å²) in [7, 11) is -3.49. The molecule has 2 aromatic carbocycles. The van der Waals surface area contributed by atoms with E-state index in [1.807, 2.05) is 48.5 Å². The van der Waals surface area contributed by atoms with Crippen LogP contribution >= 0.6 is 11.3 Å². The van der Waals surface area contributed by atoms with Crippen LogP contribution in [0.2, 0.25) is 0 Å². The normalized spacial score (nSPS) is 19.0. The summed E-state index contributed by atoms with van der Waals surface area (Å²) < 4.78 is 30.9. The maximum atomic E-state index is 12.7. The van der Waals surface area contributed by atoms with E-state index in [0.717, 1.165) is 33.6 Å². The lowest BCUT2D eigenvalue weighted by Crippen LogP contribution is -2.45. The summed E-state index contributed by atoms with van der Waals surface area (Å²) in [5.74, 6) is 0.162. The van der Waals surface area contributed by atoms with Crippen molar-refractivity contribution in [3.63, 3.8) is 0 Å². The van der Waals surface area contributed by atoms with Crippen LogP contribution in [0.4, 0.5) is 0 Å². The zero-order valence-corrected chi connectivity index (χ0v) is 16.0. The molecule has 0 radical (unpaired) electrons. The fourth-order valence-electron chi connectivity index (χ4n) is 3.29. The summed E-state index contributed by atoms with van der Waals surface area (Å²) in [4.78, 5) is 4.72. The van der Waals surface area contributed by atoms with Gasteiger partial charge in [0.05, 0.1) is 15.2 Å². The fraction of sp³-hybridized carbons (Fsp3) is 0.316. The molecule has 1 aromatic heterocycles. The van der Waals surface area contributed by atoms with E-state index in [0.29, 0.717) is 19.6 Å². The van der Waals surface area contributed by atoms with Crippen molar-refractivity contribution >= 4 is 31.8 Å². The van der Waals surface area contributed by atoms with Crippen molar-refractivity contribution in [2.75, 3.05) is 13.1 Å². The Hall–Kier alpha value is -1.80. The van der Waals surface area contributed by atoms with E-state index >= 15 is 0 Å². The molecule has 0 saturated carbocycles. The maximum absolute atomic E-state index is 12.7. The number of nitrogens with zero attached hydrogens (tertiary/aromatic N) is 2. The van der Waals surface area contributed by atoms with Gasteiger partial charge in [0.15, 0.2) is 0 Å². The second-order valence-electron chi connectivity index (χ2n) is 6.53. The smallest absolute Gasteiger partial charge is 0.241 e. The van der Waals surface area contributed by atoms with E-state index in [1.165, 1.54) is 0 Å². The minimum absolute atomic E-state index is 0.162. The summed E-state index contributed by atoms with van der Waals surface area (Å²) in [6.07, 6.45) is 1.83. The molecule has 5 nitrogen and oxygen atoms in total. The minimum atomic E-state index is -3.49. The topological polar surface area (TPSA) is 62.3 Å². The lowest BCUT2D eigenvalue weighted by Gasteiger charge is -2.30. The highest BCUT2D eigenvalue weighted by Crippen LogP contribution is 2.33. The zero-order valence-electron chi connectivity index (χ0n) is 14.3. The molecule has 1 atom stereocenters. The van der Waals surface area contributed by atoms with Gasteiger partial charge in [0.25, 0.3) is 10.2 Å². The molecule has 0 unspecified atom stereocenters. The van der Waals surface area contributed by atoms with Crippen LogP contribution in [0.1, 0.15) is 29.3 Å². The second kappa shape index (κ2) is 7.44. The van der Waals surface area contributed by atoms with E-state index < -0.39 is 10.2 Å². The molecule has 7 heteroatoms. The van der Waals surface area contributed by atoms with Gasteiger partial charge in [-0.05, 0) is 30.5 Å². The number of rotatable bonds is 5. The maximum Gasteiger partial charge on any atom is 0.279 e. The zero-order chi connectivity index (χ0) is 18.0. The number of benzene rings is 2. The molecular weight excluding hydrogens is 366 g/mol. The van der Waals surface area contributed by atoms with Crippen LogP contribution in [0.5, 0.6) is 0 Å². The van der Waals surface area contributed by atoms with Gasteiger partial charge in [0.2, 0.25) is 0 Å². The van der Waals surface area contributed by atoms with Crippen molar-refractivity contribution in [2.24, 2.45) is 0 Å². The Labute approximate surface area is 157 Å². The molecule has 0 spiro atoms. The van der Waals surface area contributed by atoms with Crippen molar-refractivity contribution in [2.45, 2.75) is 25.3 Å². The van der Waals surface area contributed by atoms with Gasteiger partial charge in [-0.25, -0.2) is 4.98 Å². The van der Waals surface area contributed by atoms with Gasteiger partial charge in [-0.1, -0.05) is 42.5 Å². The molecule has 0 amide bonds. The van der Waals surface area contributed by atoms with Crippen molar-refractivity contribution in [1.29, 1.82) is 0 Å². The van der Waals surface area contributed by atoms with Crippen LogP contribution in [-0.4, -0.2) is 30.8 Å². The van der Waals surface area contributed by atoms with E-state index in [2.05, 4.69) is 10.8 Å². The van der Waals surface area contributed by atoms with Crippen molar-refractivity contribution in [3.05, 3.63) is 65.2 Å². The number of thiazole rings is 1. The predicted molar refractivity (Wildman–Crippen MR) is 105 cm³/mol. The standard InChI is InChI=1S/C19H21N3O2S2/c23-26(24,20-13-15-7-2-1-3-8-15)22-12-6-9-16(14-22)19-21-17-10-4-5-11-18(17)25-19/h1-5,7-8,10-11,16,20H,6,9,12-14H2/t16-/m1/s1. The Kier molecular flexibility index (Phi) is 5.04. The summed E-state index contributed by atoms with van der Waals surface area (Å²) >= 11 is 1.67. The van der Waals surface area contributed by atoms with Crippen LogP contribution in [0.3, 0.4) is 0 Å². The van der Waals surface area contributed by atoms with Gasteiger partial charge in [-0.3, -0.25) is 0 Å². The molecule has 26 heavy (non-hydrogen) atoms. The van der Waals surface area contributed by atoms with E-state index in [-0.39, 0.29) is 5.92 Å². The third-order valence-electron chi connectivity index (χ3n) is 4.69. The number of hydrogen-bond acceptors (Lipinski definition) is 4. The highest BCUT2D eigenvalue weighted by Gasteiger charge is 2.30. The first kappa shape index (κ1) is 17.6. The lowest BCUT2D eigenvalue weighted by atomic mass is 10.0. The third kappa shape index (κ3) is 3.81. The first-order valence-corrected chi connectivity index (χ1v) is 11.0. The van der Waals surface area contributed by atoms with Crippen molar-refractivity contribution < 1.29 is 8.42 Å². The molecule has 1 aliphatic rings. The largest absolute Gasteiger partial charge is 0.279 e. The minimum Gasteiger partial charge on any atom is -0.241 e. The van der Waals surface area contributed by atoms with E-state index in [9.17, 15) is 8.42 Å². The van der Waals surface area contributed by atoms with Crippen LogP contribution < -0.4 is 4.72 Å². The van der Waals surface area contributed by atoms with Crippen molar-refractivity contribution in [1.82, 2.24) is 14.0 Å². The van der Waals surface area contributed by atoms with Gasteiger partial charge in [-0.2, -0.15) is 17.4 Å². The Morgan fingerprint density at radius 2 is 1.88 bits per heavy atom. The highest BCUT2D eigenvalue weighted by molar-refractivity contribution is 7.87. The van der Waals surface area contributed by atoms with Crippen LogP contribution in [0, 0.1) is 0 Å². The molecular formula is C19H21N3O2S2. The summed E-state index contributed by atoms with van der Waals surface area (Å²) in [5, 5.41) is 1.04. The number of piperidine rings is 1. The fourth-order valence-corrected chi connectivity index (χ4v) is 5.66. The number of aromatic nitrogens is 1. The van der Waals surface area contributed by atoms with Gasteiger partial charge in [0, 0.05) is 25.6 Å². The number of para-hydroxylation sites is 1. The Bertz CT molecular complexity index is 953.